The minimum atomic E-state index is -2.85. The maximum atomic E-state index is 11.7. The summed E-state index contributed by atoms with van der Waals surface area (Å²) in [6.45, 7) is 0. The summed E-state index contributed by atoms with van der Waals surface area (Å²) < 4.78 is 28.7. The molecule has 1 aromatic carbocycles. The van der Waals surface area contributed by atoms with Crippen molar-refractivity contribution in [2.75, 3.05) is 18.6 Å². The number of rotatable bonds is 3. The fourth-order valence-electron chi connectivity index (χ4n) is 3.32. The van der Waals surface area contributed by atoms with E-state index in [1.54, 1.807) is 7.11 Å². The normalized spacial score (nSPS) is 28.1. The molecular weight excluding hydrogens is 274 g/mol. The number of nitrogens with one attached hydrogen (secondary N) is 1. The van der Waals surface area contributed by atoms with Gasteiger partial charge in [0.05, 0.1) is 18.6 Å². The molecule has 2 atom stereocenters. The fourth-order valence-corrected chi connectivity index (χ4v) is 4.97. The number of ether oxygens (including phenoxy) is 1. The van der Waals surface area contributed by atoms with Crippen LogP contribution in [-0.2, 0) is 16.3 Å². The van der Waals surface area contributed by atoms with Gasteiger partial charge >= 0.3 is 0 Å². The molecule has 1 aliphatic heterocycles. The van der Waals surface area contributed by atoms with E-state index in [4.69, 9.17) is 4.74 Å². The monoisotopic (exact) mass is 295 g/mol. The van der Waals surface area contributed by atoms with Crippen LogP contribution in [0.15, 0.2) is 18.2 Å². The molecule has 3 rings (SSSR count). The van der Waals surface area contributed by atoms with Crippen LogP contribution in [0, 0.1) is 0 Å². The maximum Gasteiger partial charge on any atom is 0.151 e. The fraction of sp³-hybridized carbons (Fsp3) is 0.600. The van der Waals surface area contributed by atoms with Gasteiger partial charge in [-0.15, -0.1) is 0 Å². The van der Waals surface area contributed by atoms with Crippen LogP contribution in [0.3, 0.4) is 0 Å². The molecule has 1 heterocycles. The van der Waals surface area contributed by atoms with Crippen molar-refractivity contribution in [2.24, 2.45) is 0 Å². The Hall–Kier alpha value is -1.07. The second kappa shape index (κ2) is 5.37. The standard InChI is InChI=1S/C15H21NO3S/c1-19-13-6-4-11-5-7-15(14(11)9-13)16-12-3-2-8-20(17,18)10-12/h4,6,9,12,15-16H,2-3,5,7-8,10H2,1H3. The van der Waals surface area contributed by atoms with Gasteiger partial charge in [-0.1, -0.05) is 6.07 Å². The number of benzene rings is 1. The molecule has 0 saturated carbocycles. The molecule has 110 valence electrons. The van der Waals surface area contributed by atoms with Gasteiger partial charge < -0.3 is 10.1 Å². The molecule has 5 heteroatoms. The van der Waals surface area contributed by atoms with Crippen molar-refractivity contribution in [2.45, 2.75) is 37.8 Å². The zero-order chi connectivity index (χ0) is 14.2. The summed E-state index contributed by atoms with van der Waals surface area (Å²) in [6.07, 6.45) is 3.82. The predicted octanol–water partition coefficient (Wildman–Crippen LogP) is 1.85. The second-order valence-electron chi connectivity index (χ2n) is 5.78. The Labute approximate surface area is 120 Å². The Bertz CT molecular complexity index is 597. The molecule has 0 amide bonds. The Kier molecular flexibility index (Phi) is 3.73. The highest BCUT2D eigenvalue weighted by Gasteiger charge is 2.29. The number of aryl methyl sites for hydroxylation is 1. The highest BCUT2D eigenvalue weighted by Crippen LogP contribution is 2.34. The molecule has 1 N–H and O–H groups in total. The average molecular weight is 295 g/mol. The van der Waals surface area contributed by atoms with Crippen molar-refractivity contribution in [3.8, 4) is 5.75 Å². The topological polar surface area (TPSA) is 55.4 Å². The zero-order valence-electron chi connectivity index (χ0n) is 11.8. The van der Waals surface area contributed by atoms with Gasteiger partial charge in [0.25, 0.3) is 0 Å². The largest absolute Gasteiger partial charge is 0.497 e. The first-order chi connectivity index (χ1) is 9.57. The second-order valence-corrected chi connectivity index (χ2v) is 8.00. The lowest BCUT2D eigenvalue weighted by Gasteiger charge is -2.27. The number of methoxy groups -OCH3 is 1. The Morgan fingerprint density at radius 1 is 1.30 bits per heavy atom. The van der Waals surface area contributed by atoms with Gasteiger partial charge in [-0.05, 0) is 48.9 Å². The lowest BCUT2D eigenvalue weighted by Crippen LogP contribution is -2.41. The first kappa shape index (κ1) is 13.9. The molecule has 4 nitrogen and oxygen atoms in total. The first-order valence-corrected chi connectivity index (χ1v) is 9.03. The van der Waals surface area contributed by atoms with Crippen molar-refractivity contribution in [1.29, 1.82) is 0 Å². The van der Waals surface area contributed by atoms with E-state index in [-0.39, 0.29) is 17.8 Å². The zero-order valence-corrected chi connectivity index (χ0v) is 12.6. The van der Waals surface area contributed by atoms with E-state index in [0.29, 0.717) is 5.75 Å². The van der Waals surface area contributed by atoms with Gasteiger partial charge in [0, 0.05) is 12.1 Å². The summed E-state index contributed by atoms with van der Waals surface area (Å²) in [7, 11) is -1.18. The van der Waals surface area contributed by atoms with Gasteiger partial charge in [-0.2, -0.15) is 0 Å². The summed E-state index contributed by atoms with van der Waals surface area (Å²) in [5, 5.41) is 3.55. The highest BCUT2D eigenvalue weighted by atomic mass is 32.2. The summed E-state index contributed by atoms with van der Waals surface area (Å²) in [6, 6.07) is 6.55. The Balaban J connectivity index is 1.74. The van der Waals surface area contributed by atoms with Crippen LogP contribution in [-0.4, -0.2) is 33.1 Å². The van der Waals surface area contributed by atoms with Gasteiger partial charge in [-0.3, -0.25) is 0 Å². The van der Waals surface area contributed by atoms with E-state index in [0.717, 1.165) is 31.4 Å². The minimum Gasteiger partial charge on any atom is -0.497 e. The van der Waals surface area contributed by atoms with Crippen molar-refractivity contribution < 1.29 is 13.2 Å². The number of hydrogen-bond acceptors (Lipinski definition) is 4. The van der Waals surface area contributed by atoms with Crippen LogP contribution in [0.4, 0.5) is 0 Å². The van der Waals surface area contributed by atoms with Crippen LogP contribution < -0.4 is 10.1 Å². The number of sulfone groups is 1. The Morgan fingerprint density at radius 2 is 2.15 bits per heavy atom. The highest BCUT2D eigenvalue weighted by molar-refractivity contribution is 7.91. The van der Waals surface area contributed by atoms with E-state index in [1.807, 2.05) is 6.07 Å². The van der Waals surface area contributed by atoms with Crippen molar-refractivity contribution >= 4 is 9.84 Å². The van der Waals surface area contributed by atoms with Crippen LogP contribution in [0.2, 0.25) is 0 Å². The van der Waals surface area contributed by atoms with Crippen molar-refractivity contribution in [1.82, 2.24) is 5.32 Å². The lowest BCUT2D eigenvalue weighted by atomic mass is 10.1. The molecule has 1 aromatic rings. The third-order valence-corrected chi connectivity index (χ3v) is 6.15. The van der Waals surface area contributed by atoms with E-state index >= 15 is 0 Å². The molecule has 0 spiro atoms. The van der Waals surface area contributed by atoms with Crippen LogP contribution in [0.25, 0.3) is 0 Å². The Morgan fingerprint density at radius 3 is 2.90 bits per heavy atom. The minimum absolute atomic E-state index is 0.0934. The van der Waals surface area contributed by atoms with Gasteiger partial charge in [0.2, 0.25) is 0 Å². The van der Waals surface area contributed by atoms with Crippen molar-refractivity contribution in [3.63, 3.8) is 0 Å². The average Bonchev–Trinajstić information content (AvgIpc) is 2.80. The van der Waals surface area contributed by atoms with E-state index < -0.39 is 9.84 Å². The predicted molar refractivity (Wildman–Crippen MR) is 78.9 cm³/mol. The third kappa shape index (κ3) is 2.83. The molecule has 0 bridgehead atoms. The maximum absolute atomic E-state index is 11.7. The molecule has 1 fully saturated rings. The van der Waals surface area contributed by atoms with E-state index in [1.165, 1.54) is 11.1 Å². The molecule has 1 saturated heterocycles. The van der Waals surface area contributed by atoms with Gasteiger partial charge in [-0.25, -0.2) is 8.42 Å². The lowest BCUT2D eigenvalue weighted by molar-refractivity contribution is 0.407. The van der Waals surface area contributed by atoms with Crippen LogP contribution >= 0.6 is 0 Å². The quantitative estimate of drug-likeness (QED) is 0.924. The molecular formula is C15H21NO3S. The molecule has 20 heavy (non-hydrogen) atoms. The first-order valence-electron chi connectivity index (χ1n) is 7.21. The molecule has 2 aliphatic rings. The van der Waals surface area contributed by atoms with Crippen LogP contribution in [0.5, 0.6) is 5.75 Å². The van der Waals surface area contributed by atoms with E-state index in [9.17, 15) is 8.42 Å². The van der Waals surface area contributed by atoms with Crippen molar-refractivity contribution in [3.05, 3.63) is 29.3 Å². The molecule has 0 radical (unpaired) electrons. The molecule has 1 aliphatic carbocycles. The smallest absolute Gasteiger partial charge is 0.151 e. The molecule has 2 unspecified atom stereocenters. The van der Waals surface area contributed by atoms with E-state index in [2.05, 4.69) is 17.4 Å². The van der Waals surface area contributed by atoms with Crippen LogP contribution in [0.1, 0.15) is 36.4 Å². The van der Waals surface area contributed by atoms with Gasteiger partial charge in [0.15, 0.2) is 9.84 Å². The SMILES string of the molecule is COc1ccc2c(c1)C(NC1CCCS(=O)(=O)C1)CC2. The summed E-state index contributed by atoms with van der Waals surface area (Å²) in [4.78, 5) is 0. The molecule has 0 aromatic heterocycles. The summed E-state index contributed by atoms with van der Waals surface area (Å²) in [5.74, 6) is 1.50. The van der Waals surface area contributed by atoms with Gasteiger partial charge in [0.1, 0.15) is 5.75 Å². The summed E-state index contributed by atoms with van der Waals surface area (Å²) >= 11 is 0. The number of hydrogen-bond donors (Lipinski definition) is 1. The summed E-state index contributed by atoms with van der Waals surface area (Å²) in [5.41, 5.74) is 2.62. The number of fused-ring (bicyclic) bond motifs is 1. The third-order valence-electron chi connectivity index (χ3n) is 4.33.